The summed E-state index contributed by atoms with van der Waals surface area (Å²) in [7, 11) is 0. The number of pyridine rings is 1. The number of aromatic nitrogens is 2. The Morgan fingerprint density at radius 3 is 2.40 bits per heavy atom. The molecule has 8 heteroatoms. The van der Waals surface area contributed by atoms with Crippen LogP contribution in [0.25, 0.3) is 11.3 Å². The maximum Gasteiger partial charge on any atom is 0.256 e. The van der Waals surface area contributed by atoms with Crippen molar-refractivity contribution in [3.05, 3.63) is 74.5 Å². The molecule has 7 nitrogen and oxygen atoms in total. The highest BCUT2D eigenvalue weighted by molar-refractivity contribution is 7.09. The van der Waals surface area contributed by atoms with Gasteiger partial charge < -0.3 is 15.2 Å². The molecule has 0 aliphatic heterocycles. The first-order valence-electron chi connectivity index (χ1n) is 12.4. The second-order valence-electron chi connectivity index (χ2n) is 9.40. The number of thiazole rings is 1. The third-order valence-corrected chi connectivity index (χ3v) is 7.60. The van der Waals surface area contributed by atoms with Crippen molar-refractivity contribution in [2.24, 2.45) is 0 Å². The summed E-state index contributed by atoms with van der Waals surface area (Å²) < 4.78 is 1.92. The summed E-state index contributed by atoms with van der Waals surface area (Å²) in [6.07, 6.45) is 11.1. The zero-order valence-electron chi connectivity index (χ0n) is 19.7. The summed E-state index contributed by atoms with van der Waals surface area (Å²) in [5, 5.41) is 8.70. The number of nitrogens with one attached hydrogen (secondary N) is 2. The van der Waals surface area contributed by atoms with Gasteiger partial charge in [0.2, 0.25) is 5.43 Å². The van der Waals surface area contributed by atoms with Gasteiger partial charge in [-0.2, -0.15) is 0 Å². The van der Waals surface area contributed by atoms with Gasteiger partial charge in [0.25, 0.3) is 11.8 Å². The summed E-state index contributed by atoms with van der Waals surface area (Å²) >= 11 is 1.55. The topological polar surface area (TPSA) is 93.1 Å². The Morgan fingerprint density at radius 2 is 1.69 bits per heavy atom. The van der Waals surface area contributed by atoms with Gasteiger partial charge in [-0.15, -0.1) is 11.3 Å². The normalized spacial score (nSPS) is 16.1. The lowest BCUT2D eigenvalue weighted by molar-refractivity contribution is 0.0948. The minimum absolute atomic E-state index is 0.0307. The number of amides is 2. The molecule has 2 aliphatic carbocycles. The van der Waals surface area contributed by atoms with E-state index in [4.69, 9.17) is 0 Å². The van der Waals surface area contributed by atoms with Crippen molar-refractivity contribution in [2.45, 2.75) is 63.5 Å². The second-order valence-corrected chi connectivity index (χ2v) is 10.3. The van der Waals surface area contributed by atoms with Gasteiger partial charge in [0.05, 0.1) is 10.7 Å². The monoisotopic (exact) mass is 490 g/mol. The van der Waals surface area contributed by atoms with Gasteiger partial charge in [-0.05, 0) is 25.7 Å². The van der Waals surface area contributed by atoms with Crippen molar-refractivity contribution in [3.8, 4) is 11.3 Å². The minimum atomic E-state index is -0.506. The molecule has 2 aliphatic rings. The van der Waals surface area contributed by atoms with E-state index in [1.165, 1.54) is 6.42 Å². The number of carbonyl (C=O) groups excluding carboxylic acids is 2. The first-order valence-corrected chi connectivity index (χ1v) is 13.3. The number of hydrogen-bond donors (Lipinski definition) is 2. The smallest absolute Gasteiger partial charge is 0.256 e. The molecule has 2 heterocycles. The van der Waals surface area contributed by atoms with Gasteiger partial charge in [0, 0.05) is 48.4 Å². The van der Waals surface area contributed by atoms with Crippen LogP contribution in [0.3, 0.4) is 0 Å². The predicted octanol–water partition coefficient (Wildman–Crippen LogP) is 4.34. The van der Waals surface area contributed by atoms with Gasteiger partial charge in [0.15, 0.2) is 0 Å². The Kier molecular flexibility index (Phi) is 7.08. The number of benzene rings is 1. The van der Waals surface area contributed by atoms with Crippen molar-refractivity contribution >= 4 is 23.2 Å². The van der Waals surface area contributed by atoms with Crippen LogP contribution < -0.4 is 16.1 Å². The van der Waals surface area contributed by atoms with E-state index in [1.54, 1.807) is 23.7 Å². The van der Waals surface area contributed by atoms with E-state index < -0.39 is 11.3 Å². The van der Waals surface area contributed by atoms with Crippen LogP contribution in [-0.2, 0) is 6.42 Å². The highest BCUT2D eigenvalue weighted by Gasteiger charge is 2.27. The Labute approximate surface area is 208 Å². The number of carbonyl (C=O) groups is 2. The van der Waals surface area contributed by atoms with Crippen LogP contribution in [0.2, 0.25) is 0 Å². The molecule has 0 saturated heterocycles. The second kappa shape index (κ2) is 10.6. The SMILES string of the molecule is O=C(NCCc1nc(-c2ccccc2)cs1)c1cn(C2CCCCC2)cc(C(=O)NC2CC2)c1=O. The molecule has 0 spiro atoms. The average Bonchev–Trinajstić information content (AvgIpc) is 3.58. The highest BCUT2D eigenvalue weighted by atomic mass is 32.1. The van der Waals surface area contributed by atoms with E-state index in [9.17, 15) is 14.4 Å². The Hall–Kier alpha value is -3.26. The summed E-state index contributed by atoms with van der Waals surface area (Å²) in [4.78, 5) is 43.6. The molecule has 2 amide bonds. The van der Waals surface area contributed by atoms with Crippen LogP contribution in [0.5, 0.6) is 0 Å². The van der Waals surface area contributed by atoms with Crippen molar-refractivity contribution in [2.75, 3.05) is 6.54 Å². The Morgan fingerprint density at radius 1 is 0.971 bits per heavy atom. The van der Waals surface area contributed by atoms with Gasteiger partial charge >= 0.3 is 0 Å². The molecule has 0 bridgehead atoms. The molecule has 2 aromatic heterocycles. The van der Waals surface area contributed by atoms with E-state index in [-0.39, 0.29) is 29.1 Å². The molecule has 2 saturated carbocycles. The van der Waals surface area contributed by atoms with Crippen LogP contribution in [0.4, 0.5) is 0 Å². The quantitative estimate of drug-likeness (QED) is 0.491. The van der Waals surface area contributed by atoms with Gasteiger partial charge in [0.1, 0.15) is 11.1 Å². The molecule has 0 radical (unpaired) electrons. The third kappa shape index (κ3) is 5.70. The first-order chi connectivity index (χ1) is 17.1. The van der Waals surface area contributed by atoms with Crippen molar-refractivity contribution in [1.29, 1.82) is 0 Å². The van der Waals surface area contributed by atoms with E-state index in [1.807, 2.05) is 40.3 Å². The Bertz CT molecular complexity index is 1260. The molecule has 2 N–H and O–H groups in total. The highest BCUT2D eigenvalue weighted by Crippen LogP contribution is 2.28. The van der Waals surface area contributed by atoms with Gasteiger partial charge in [-0.3, -0.25) is 14.4 Å². The summed E-state index contributed by atoms with van der Waals surface area (Å²) in [5.41, 5.74) is 1.56. The summed E-state index contributed by atoms with van der Waals surface area (Å²) in [6.45, 7) is 0.363. The molecular formula is C27H30N4O3S. The lowest BCUT2D eigenvalue weighted by atomic mass is 9.95. The summed E-state index contributed by atoms with van der Waals surface area (Å²) in [6, 6.07) is 10.3. The molecule has 5 rings (SSSR count). The maximum absolute atomic E-state index is 13.1. The van der Waals surface area contributed by atoms with Crippen molar-refractivity contribution < 1.29 is 9.59 Å². The Balaban J connectivity index is 1.30. The van der Waals surface area contributed by atoms with Gasteiger partial charge in [-0.25, -0.2) is 4.98 Å². The van der Waals surface area contributed by atoms with E-state index in [2.05, 4.69) is 15.6 Å². The fourth-order valence-electron chi connectivity index (χ4n) is 4.55. The third-order valence-electron chi connectivity index (χ3n) is 6.69. The molecular weight excluding hydrogens is 460 g/mol. The molecule has 182 valence electrons. The van der Waals surface area contributed by atoms with Crippen molar-refractivity contribution in [3.63, 3.8) is 0 Å². The predicted molar refractivity (Wildman–Crippen MR) is 137 cm³/mol. The van der Waals surface area contributed by atoms with Crippen LogP contribution in [0.15, 0.2) is 52.9 Å². The van der Waals surface area contributed by atoms with Crippen LogP contribution in [0.1, 0.15) is 76.7 Å². The van der Waals surface area contributed by atoms with E-state index in [0.29, 0.717) is 13.0 Å². The molecule has 1 aromatic carbocycles. The van der Waals surface area contributed by atoms with Crippen molar-refractivity contribution in [1.82, 2.24) is 20.2 Å². The maximum atomic E-state index is 13.1. The zero-order chi connectivity index (χ0) is 24.2. The summed E-state index contributed by atoms with van der Waals surface area (Å²) in [5.74, 6) is -0.826. The van der Waals surface area contributed by atoms with Crippen LogP contribution in [-0.4, -0.2) is 34.0 Å². The molecule has 3 aromatic rings. The molecule has 2 fully saturated rings. The number of nitrogens with zero attached hydrogens (tertiary/aromatic N) is 2. The largest absolute Gasteiger partial charge is 0.351 e. The van der Waals surface area contributed by atoms with Crippen LogP contribution in [0, 0.1) is 0 Å². The van der Waals surface area contributed by atoms with E-state index >= 15 is 0 Å². The van der Waals surface area contributed by atoms with Crippen LogP contribution >= 0.6 is 11.3 Å². The lowest BCUT2D eigenvalue weighted by Gasteiger charge is -2.25. The zero-order valence-corrected chi connectivity index (χ0v) is 20.5. The molecule has 0 unspecified atom stereocenters. The first kappa shape index (κ1) is 23.5. The fraction of sp³-hybridized carbons (Fsp3) is 0.407. The van der Waals surface area contributed by atoms with E-state index in [0.717, 1.165) is 54.8 Å². The molecule has 35 heavy (non-hydrogen) atoms. The number of hydrogen-bond acceptors (Lipinski definition) is 5. The lowest BCUT2D eigenvalue weighted by Crippen LogP contribution is -2.37. The minimum Gasteiger partial charge on any atom is -0.351 e. The number of rotatable bonds is 8. The average molecular weight is 491 g/mol. The molecule has 0 atom stereocenters. The standard InChI is InChI=1S/C27H30N4O3S/c32-25-21(26(33)28-14-13-24-30-23(17-35-24)18-7-3-1-4-8-18)15-31(20-9-5-2-6-10-20)16-22(25)27(34)29-19-11-12-19/h1,3-4,7-8,15-17,19-20H,2,5-6,9-14H2,(H,28,33)(H,29,34). The van der Waals surface area contributed by atoms with Gasteiger partial charge in [-0.1, -0.05) is 49.6 Å². The fourth-order valence-corrected chi connectivity index (χ4v) is 5.35.